The summed E-state index contributed by atoms with van der Waals surface area (Å²) in [5, 5.41) is 3.03. The van der Waals surface area contributed by atoms with Crippen molar-refractivity contribution in [3.8, 4) is 5.75 Å². The summed E-state index contributed by atoms with van der Waals surface area (Å²) in [6, 6.07) is 8.31. The van der Waals surface area contributed by atoms with Gasteiger partial charge in [0.05, 0.1) is 7.11 Å². The monoisotopic (exact) mass is 262 g/mol. The molecule has 1 heterocycles. The van der Waals surface area contributed by atoms with Crippen molar-refractivity contribution >= 4 is 11.6 Å². The lowest BCUT2D eigenvalue weighted by atomic mass is 9.95. The van der Waals surface area contributed by atoms with Crippen LogP contribution in [0.5, 0.6) is 5.75 Å². The van der Waals surface area contributed by atoms with E-state index in [1.54, 1.807) is 14.0 Å². The predicted octanol–water partition coefficient (Wildman–Crippen LogP) is 2.05. The summed E-state index contributed by atoms with van der Waals surface area (Å²) in [5.41, 5.74) is 1.15. The van der Waals surface area contributed by atoms with Crippen LogP contribution in [0.2, 0.25) is 0 Å². The van der Waals surface area contributed by atoms with Crippen LogP contribution in [-0.2, 0) is 4.79 Å². The minimum atomic E-state index is 0.0460. The number of benzene rings is 1. The maximum absolute atomic E-state index is 11.2. The zero-order chi connectivity index (χ0) is 13.8. The number of ether oxygens (including phenoxy) is 1. The second-order valence-electron chi connectivity index (χ2n) is 5.34. The van der Waals surface area contributed by atoms with E-state index in [1.165, 1.54) is 0 Å². The normalized spacial score (nSPS) is 23.0. The minimum absolute atomic E-state index is 0.0460. The van der Waals surface area contributed by atoms with Crippen molar-refractivity contribution in [2.24, 2.45) is 5.92 Å². The number of carbonyl (C=O) groups excluding carboxylic acids is 1. The topological polar surface area (TPSA) is 41.6 Å². The van der Waals surface area contributed by atoms with Gasteiger partial charge in [-0.3, -0.25) is 4.79 Å². The first-order valence-electron chi connectivity index (χ1n) is 6.74. The van der Waals surface area contributed by atoms with Gasteiger partial charge in [0, 0.05) is 37.8 Å². The van der Waals surface area contributed by atoms with Crippen molar-refractivity contribution in [2.45, 2.75) is 26.3 Å². The van der Waals surface area contributed by atoms with Gasteiger partial charge in [-0.1, -0.05) is 13.0 Å². The molecule has 2 atom stereocenters. The molecule has 2 rings (SSSR count). The van der Waals surface area contributed by atoms with Crippen LogP contribution in [0.25, 0.3) is 0 Å². The van der Waals surface area contributed by atoms with Crippen molar-refractivity contribution in [3.63, 3.8) is 0 Å². The lowest BCUT2D eigenvalue weighted by Gasteiger charge is -2.38. The Morgan fingerprint density at radius 1 is 1.42 bits per heavy atom. The molecule has 0 saturated carbocycles. The molecule has 104 valence electrons. The molecular weight excluding hydrogens is 240 g/mol. The van der Waals surface area contributed by atoms with E-state index in [0.717, 1.165) is 30.9 Å². The van der Waals surface area contributed by atoms with Gasteiger partial charge in [-0.05, 0) is 24.5 Å². The molecule has 1 aromatic rings. The number of carbonyl (C=O) groups is 1. The molecule has 1 N–H and O–H groups in total. The molecule has 4 heteroatoms. The fraction of sp³-hybridized carbons (Fsp3) is 0.533. The predicted molar refractivity (Wildman–Crippen MR) is 76.6 cm³/mol. The molecule has 0 aliphatic carbocycles. The Morgan fingerprint density at radius 2 is 2.21 bits per heavy atom. The summed E-state index contributed by atoms with van der Waals surface area (Å²) >= 11 is 0. The molecule has 19 heavy (non-hydrogen) atoms. The fourth-order valence-electron chi connectivity index (χ4n) is 2.76. The number of anilines is 1. The Labute approximate surface area is 114 Å². The van der Waals surface area contributed by atoms with Gasteiger partial charge in [-0.2, -0.15) is 0 Å². The third kappa shape index (κ3) is 3.63. The standard InChI is InChI=1S/C15H22N2O2/c1-11-7-13(16-12(2)18)10-17(9-11)14-5-4-6-15(8-14)19-3/h4-6,8,11,13H,7,9-10H2,1-3H3,(H,16,18). The van der Waals surface area contributed by atoms with Crippen molar-refractivity contribution < 1.29 is 9.53 Å². The van der Waals surface area contributed by atoms with Gasteiger partial charge in [0.1, 0.15) is 5.75 Å². The van der Waals surface area contributed by atoms with E-state index in [2.05, 4.69) is 23.2 Å². The number of piperidine rings is 1. The number of hydrogen-bond donors (Lipinski definition) is 1. The molecule has 1 aromatic carbocycles. The molecule has 1 saturated heterocycles. The Morgan fingerprint density at radius 3 is 2.89 bits per heavy atom. The first-order chi connectivity index (χ1) is 9.08. The van der Waals surface area contributed by atoms with Gasteiger partial charge in [0.2, 0.25) is 5.91 Å². The quantitative estimate of drug-likeness (QED) is 0.906. The van der Waals surface area contributed by atoms with Gasteiger partial charge >= 0.3 is 0 Å². The van der Waals surface area contributed by atoms with E-state index in [9.17, 15) is 4.79 Å². The van der Waals surface area contributed by atoms with Crippen molar-refractivity contribution in [1.29, 1.82) is 0 Å². The Kier molecular flexibility index (Phi) is 4.30. The zero-order valence-electron chi connectivity index (χ0n) is 11.8. The summed E-state index contributed by atoms with van der Waals surface area (Å²) in [6.07, 6.45) is 1.04. The van der Waals surface area contributed by atoms with Gasteiger partial charge in [0.25, 0.3) is 0 Å². The summed E-state index contributed by atoms with van der Waals surface area (Å²) in [6.45, 7) is 5.68. The lowest BCUT2D eigenvalue weighted by Crippen LogP contribution is -2.50. The summed E-state index contributed by atoms with van der Waals surface area (Å²) in [5.74, 6) is 1.48. The number of hydrogen-bond acceptors (Lipinski definition) is 3. The number of nitrogens with zero attached hydrogens (tertiary/aromatic N) is 1. The summed E-state index contributed by atoms with van der Waals surface area (Å²) in [4.78, 5) is 13.5. The van der Waals surface area contributed by atoms with Crippen LogP contribution in [-0.4, -0.2) is 32.1 Å². The van der Waals surface area contributed by atoms with Crippen molar-refractivity contribution in [1.82, 2.24) is 5.32 Å². The lowest BCUT2D eigenvalue weighted by molar-refractivity contribution is -0.119. The van der Waals surface area contributed by atoms with E-state index in [4.69, 9.17) is 4.74 Å². The van der Waals surface area contributed by atoms with E-state index in [0.29, 0.717) is 5.92 Å². The smallest absolute Gasteiger partial charge is 0.217 e. The van der Waals surface area contributed by atoms with Crippen LogP contribution in [0.4, 0.5) is 5.69 Å². The summed E-state index contributed by atoms with van der Waals surface area (Å²) in [7, 11) is 1.68. The van der Waals surface area contributed by atoms with Crippen LogP contribution in [0.3, 0.4) is 0 Å². The number of amides is 1. The molecule has 0 radical (unpaired) electrons. The third-order valence-electron chi connectivity index (χ3n) is 3.49. The van der Waals surface area contributed by atoms with Crippen LogP contribution in [0.1, 0.15) is 20.3 Å². The molecule has 0 spiro atoms. The second-order valence-corrected chi connectivity index (χ2v) is 5.34. The molecular formula is C15H22N2O2. The Hall–Kier alpha value is -1.71. The molecule has 2 unspecified atom stereocenters. The van der Waals surface area contributed by atoms with E-state index < -0.39 is 0 Å². The fourth-order valence-corrected chi connectivity index (χ4v) is 2.76. The first kappa shape index (κ1) is 13.7. The van der Waals surface area contributed by atoms with Crippen LogP contribution in [0, 0.1) is 5.92 Å². The van der Waals surface area contributed by atoms with E-state index in [-0.39, 0.29) is 11.9 Å². The molecule has 0 bridgehead atoms. The number of nitrogens with one attached hydrogen (secondary N) is 1. The van der Waals surface area contributed by atoms with Gasteiger partial charge in [0.15, 0.2) is 0 Å². The minimum Gasteiger partial charge on any atom is -0.497 e. The highest BCUT2D eigenvalue weighted by atomic mass is 16.5. The van der Waals surface area contributed by atoms with Gasteiger partial charge < -0.3 is 15.0 Å². The molecule has 1 amide bonds. The van der Waals surface area contributed by atoms with Gasteiger partial charge in [-0.15, -0.1) is 0 Å². The van der Waals surface area contributed by atoms with Crippen LogP contribution in [0.15, 0.2) is 24.3 Å². The van der Waals surface area contributed by atoms with Crippen LogP contribution >= 0.6 is 0 Å². The molecule has 0 aromatic heterocycles. The van der Waals surface area contributed by atoms with Gasteiger partial charge in [-0.25, -0.2) is 0 Å². The highest BCUT2D eigenvalue weighted by Gasteiger charge is 2.25. The molecule has 4 nitrogen and oxygen atoms in total. The Bertz CT molecular complexity index is 448. The van der Waals surface area contributed by atoms with Crippen LogP contribution < -0.4 is 15.0 Å². The first-order valence-corrected chi connectivity index (χ1v) is 6.74. The van der Waals surface area contributed by atoms with E-state index >= 15 is 0 Å². The Balaban J connectivity index is 2.11. The largest absolute Gasteiger partial charge is 0.497 e. The van der Waals surface area contributed by atoms with Crippen molar-refractivity contribution in [2.75, 3.05) is 25.1 Å². The number of methoxy groups -OCH3 is 1. The molecule has 1 aliphatic rings. The maximum Gasteiger partial charge on any atom is 0.217 e. The number of rotatable bonds is 3. The highest BCUT2D eigenvalue weighted by molar-refractivity contribution is 5.73. The maximum atomic E-state index is 11.2. The van der Waals surface area contributed by atoms with Crippen molar-refractivity contribution in [3.05, 3.63) is 24.3 Å². The third-order valence-corrected chi connectivity index (χ3v) is 3.49. The van der Waals surface area contributed by atoms with E-state index in [1.807, 2.05) is 18.2 Å². The molecule has 1 fully saturated rings. The molecule has 1 aliphatic heterocycles. The summed E-state index contributed by atoms with van der Waals surface area (Å²) < 4.78 is 5.27. The SMILES string of the molecule is COc1cccc(N2CC(C)CC(NC(C)=O)C2)c1. The average molecular weight is 262 g/mol. The highest BCUT2D eigenvalue weighted by Crippen LogP contribution is 2.26. The average Bonchev–Trinajstić information content (AvgIpc) is 2.37. The second kappa shape index (κ2) is 5.95. The zero-order valence-corrected chi connectivity index (χ0v) is 11.8.